The zero-order valence-corrected chi connectivity index (χ0v) is 11.0. The number of guanidine groups is 1. The maximum atomic E-state index is 8.64. The largest absolute Gasteiger partial charge is 0.396 e. The SMILES string of the molecule is Cc1ccc(NC(N)=NCCCCCCO)cc1. The highest BCUT2D eigenvalue weighted by Gasteiger charge is 1.94. The molecule has 0 atom stereocenters. The third-order valence-corrected chi connectivity index (χ3v) is 2.67. The van der Waals surface area contributed by atoms with Gasteiger partial charge in [-0.3, -0.25) is 4.99 Å². The van der Waals surface area contributed by atoms with E-state index in [-0.39, 0.29) is 6.61 Å². The van der Waals surface area contributed by atoms with E-state index in [1.54, 1.807) is 0 Å². The fourth-order valence-corrected chi connectivity index (χ4v) is 1.60. The number of hydrogen-bond acceptors (Lipinski definition) is 2. The van der Waals surface area contributed by atoms with Crippen LogP contribution in [0, 0.1) is 6.92 Å². The molecule has 1 aromatic rings. The molecule has 0 spiro atoms. The van der Waals surface area contributed by atoms with E-state index in [4.69, 9.17) is 10.8 Å². The normalized spacial score (nSPS) is 11.6. The molecule has 0 bridgehead atoms. The van der Waals surface area contributed by atoms with Gasteiger partial charge in [-0.05, 0) is 31.9 Å². The first kappa shape index (κ1) is 14.5. The molecule has 1 aromatic carbocycles. The Morgan fingerprint density at radius 2 is 1.83 bits per heavy atom. The van der Waals surface area contributed by atoms with Gasteiger partial charge in [-0.1, -0.05) is 30.5 Å². The number of nitrogens with one attached hydrogen (secondary N) is 1. The number of aliphatic hydroxyl groups is 1. The first-order valence-electron chi connectivity index (χ1n) is 6.47. The van der Waals surface area contributed by atoms with Crippen LogP contribution in [0.3, 0.4) is 0 Å². The van der Waals surface area contributed by atoms with Gasteiger partial charge in [-0.15, -0.1) is 0 Å². The average molecular weight is 249 g/mol. The summed E-state index contributed by atoms with van der Waals surface area (Å²) in [5, 5.41) is 11.7. The van der Waals surface area contributed by atoms with Gasteiger partial charge in [0.15, 0.2) is 5.96 Å². The van der Waals surface area contributed by atoms with Gasteiger partial charge >= 0.3 is 0 Å². The van der Waals surface area contributed by atoms with Crippen molar-refractivity contribution in [2.24, 2.45) is 10.7 Å². The Bertz CT molecular complexity index is 360. The van der Waals surface area contributed by atoms with Gasteiger partial charge in [0, 0.05) is 18.8 Å². The fourth-order valence-electron chi connectivity index (χ4n) is 1.60. The standard InChI is InChI=1S/C14H23N3O/c1-12-6-8-13(9-7-12)17-14(15)16-10-4-2-3-5-11-18/h6-9,18H,2-5,10-11H2,1H3,(H3,15,16,17). The molecule has 0 heterocycles. The molecule has 0 aliphatic heterocycles. The molecule has 0 radical (unpaired) electrons. The second-order valence-electron chi connectivity index (χ2n) is 4.40. The predicted molar refractivity (Wildman–Crippen MR) is 76.8 cm³/mol. The van der Waals surface area contributed by atoms with Crippen molar-refractivity contribution in [3.8, 4) is 0 Å². The van der Waals surface area contributed by atoms with Crippen LogP contribution in [-0.2, 0) is 0 Å². The maximum absolute atomic E-state index is 8.64. The predicted octanol–water partition coefficient (Wildman–Crippen LogP) is 2.27. The van der Waals surface area contributed by atoms with Gasteiger partial charge < -0.3 is 16.2 Å². The first-order valence-corrected chi connectivity index (χ1v) is 6.47. The third kappa shape index (κ3) is 6.25. The summed E-state index contributed by atoms with van der Waals surface area (Å²) in [6.45, 7) is 3.06. The number of nitrogens with two attached hydrogens (primary N) is 1. The molecule has 100 valence electrons. The summed E-state index contributed by atoms with van der Waals surface area (Å²) in [6.07, 6.45) is 4.02. The van der Waals surface area contributed by atoms with Gasteiger partial charge in [0.1, 0.15) is 0 Å². The first-order chi connectivity index (χ1) is 8.72. The molecule has 0 aliphatic carbocycles. The van der Waals surface area contributed by atoms with Crippen molar-refractivity contribution in [1.29, 1.82) is 0 Å². The van der Waals surface area contributed by atoms with Crippen LogP contribution >= 0.6 is 0 Å². The number of rotatable bonds is 7. The molecule has 0 aromatic heterocycles. The highest BCUT2D eigenvalue weighted by atomic mass is 16.2. The Labute approximate surface area is 109 Å². The number of unbranched alkanes of at least 4 members (excludes halogenated alkanes) is 3. The van der Waals surface area contributed by atoms with E-state index in [0.29, 0.717) is 5.96 Å². The van der Waals surface area contributed by atoms with Gasteiger partial charge in [0.2, 0.25) is 0 Å². The summed E-state index contributed by atoms with van der Waals surface area (Å²) in [7, 11) is 0. The lowest BCUT2D eigenvalue weighted by Gasteiger charge is -2.05. The van der Waals surface area contributed by atoms with E-state index >= 15 is 0 Å². The van der Waals surface area contributed by atoms with Crippen LogP contribution in [0.1, 0.15) is 31.2 Å². The van der Waals surface area contributed by atoms with E-state index < -0.39 is 0 Å². The van der Waals surface area contributed by atoms with Crippen molar-refractivity contribution in [3.05, 3.63) is 29.8 Å². The van der Waals surface area contributed by atoms with E-state index in [1.165, 1.54) is 5.56 Å². The number of benzene rings is 1. The van der Waals surface area contributed by atoms with Gasteiger partial charge in [-0.25, -0.2) is 0 Å². The molecule has 0 saturated heterocycles. The minimum Gasteiger partial charge on any atom is -0.396 e. The fraction of sp³-hybridized carbons (Fsp3) is 0.500. The van der Waals surface area contributed by atoms with Gasteiger partial charge in [0.05, 0.1) is 0 Å². The van der Waals surface area contributed by atoms with E-state index in [0.717, 1.165) is 37.9 Å². The Balaban J connectivity index is 2.23. The molecule has 0 fully saturated rings. The molecule has 18 heavy (non-hydrogen) atoms. The molecule has 1 rings (SSSR count). The maximum Gasteiger partial charge on any atom is 0.193 e. The number of hydrogen-bond donors (Lipinski definition) is 3. The van der Waals surface area contributed by atoms with Crippen LogP contribution in [-0.4, -0.2) is 24.2 Å². The second kappa shape index (κ2) is 8.53. The molecular weight excluding hydrogens is 226 g/mol. The van der Waals surface area contributed by atoms with E-state index in [1.807, 2.05) is 31.2 Å². The molecule has 0 unspecified atom stereocenters. The van der Waals surface area contributed by atoms with Crippen molar-refractivity contribution in [2.45, 2.75) is 32.6 Å². The Morgan fingerprint density at radius 1 is 1.17 bits per heavy atom. The number of aliphatic imine (C=N–C) groups is 1. The third-order valence-electron chi connectivity index (χ3n) is 2.67. The highest BCUT2D eigenvalue weighted by Crippen LogP contribution is 2.07. The average Bonchev–Trinajstić information content (AvgIpc) is 2.36. The molecule has 0 aliphatic rings. The Hall–Kier alpha value is -1.55. The number of anilines is 1. The summed E-state index contributed by atoms with van der Waals surface area (Å²) in [5.41, 5.74) is 7.97. The number of aryl methyl sites for hydroxylation is 1. The molecule has 0 amide bonds. The minimum atomic E-state index is 0.278. The lowest BCUT2D eigenvalue weighted by Crippen LogP contribution is -2.22. The van der Waals surface area contributed by atoms with E-state index in [9.17, 15) is 0 Å². The molecule has 0 saturated carbocycles. The molecule has 4 nitrogen and oxygen atoms in total. The van der Waals surface area contributed by atoms with Crippen LogP contribution in [0.15, 0.2) is 29.3 Å². The minimum absolute atomic E-state index is 0.278. The Morgan fingerprint density at radius 3 is 2.50 bits per heavy atom. The summed E-state index contributed by atoms with van der Waals surface area (Å²) in [4.78, 5) is 4.26. The van der Waals surface area contributed by atoms with Crippen LogP contribution in [0.2, 0.25) is 0 Å². The Kier molecular flexibility index (Phi) is 6.87. The van der Waals surface area contributed by atoms with Crippen LogP contribution < -0.4 is 11.1 Å². The topological polar surface area (TPSA) is 70.6 Å². The van der Waals surface area contributed by atoms with Crippen molar-refractivity contribution >= 4 is 11.6 Å². The summed E-state index contributed by atoms with van der Waals surface area (Å²) < 4.78 is 0. The smallest absolute Gasteiger partial charge is 0.193 e. The number of nitrogens with zero attached hydrogens (tertiary/aromatic N) is 1. The van der Waals surface area contributed by atoms with Gasteiger partial charge in [0.25, 0.3) is 0 Å². The quantitative estimate of drug-likeness (QED) is 0.394. The van der Waals surface area contributed by atoms with Crippen molar-refractivity contribution in [1.82, 2.24) is 0 Å². The summed E-state index contributed by atoms with van der Waals surface area (Å²) >= 11 is 0. The zero-order valence-electron chi connectivity index (χ0n) is 11.0. The lowest BCUT2D eigenvalue weighted by molar-refractivity contribution is 0.282. The molecule has 4 N–H and O–H groups in total. The molecular formula is C14H23N3O. The molecule has 4 heteroatoms. The number of aliphatic hydroxyl groups excluding tert-OH is 1. The van der Waals surface area contributed by atoms with Crippen molar-refractivity contribution < 1.29 is 5.11 Å². The van der Waals surface area contributed by atoms with Crippen LogP contribution in [0.5, 0.6) is 0 Å². The van der Waals surface area contributed by atoms with Crippen LogP contribution in [0.25, 0.3) is 0 Å². The second-order valence-corrected chi connectivity index (χ2v) is 4.40. The lowest BCUT2D eigenvalue weighted by atomic mass is 10.2. The monoisotopic (exact) mass is 249 g/mol. The van der Waals surface area contributed by atoms with Gasteiger partial charge in [-0.2, -0.15) is 0 Å². The van der Waals surface area contributed by atoms with Crippen LogP contribution in [0.4, 0.5) is 5.69 Å². The van der Waals surface area contributed by atoms with E-state index in [2.05, 4.69) is 10.3 Å². The summed E-state index contributed by atoms with van der Waals surface area (Å²) in [6, 6.07) is 8.03. The zero-order chi connectivity index (χ0) is 13.2. The van der Waals surface area contributed by atoms with Crippen molar-refractivity contribution in [2.75, 3.05) is 18.5 Å². The van der Waals surface area contributed by atoms with Crippen molar-refractivity contribution in [3.63, 3.8) is 0 Å². The summed E-state index contributed by atoms with van der Waals surface area (Å²) in [5.74, 6) is 0.459. The highest BCUT2D eigenvalue weighted by molar-refractivity contribution is 5.92.